The van der Waals surface area contributed by atoms with Gasteiger partial charge >= 0.3 is 0 Å². The van der Waals surface area contributed by atoms with Crippen molar-refractivity contribution in [1.82, 2.24) is 0 Å². The smallest absolute Gasteiger partial charge is 0.141 e. The summed E-state index contributed by atoms with van der Waals surface area (Å²) in [6.45, 7) is 0. The number of Topliss-reactive ketones (excluding diaryl/α,β-unsaturated/α-hetero) is 1. The number of carbonyl (C=O) groups excluding carboxylic acids is 1. The fraction of sp³-hybridized carbons (Fsp3) is 0.400. The summed E-state index contributed by atoms with van der Waals surface area (Å²) in [5.74, 6) is -0.147. The average molecular weight is 311 g/mol. The highest BCUT2D eigenvalue weighted by Gasteiger charge is 2.12. The zero-order valence-electron chi connectivity index (χ0n) is 10.2. The van der Waals surface area contributed by atoms with Gasteiger partial charge in [-0.2, -0.15) is 0 Å². The molecule has 1 aliphatic rings. The number of rotatable bonds is 4. The molecular weight excluding hydrogens is 295 g/mol. The van der Waals surface area contributed by atoms with Crippen LogP contribution in [0.15, 0.2) is 34.3 Å². The van der Waals surface area contributed by atoms with Gasteiger partial charge in [-0.05, 0) is 53.2 Å². The maximum atomic E-state index is 13.3. The molecule has 18 heavy (non-hydrogen) atoms. The third-order valence-electron chi connectivity index (χ3n) is 3.23. The normalized spacial score (nSPS) is 15.3. The summed E-state index contributed by atoms with van der Waals surface area (Å²) in [5.41, 5.74) is 1.98. The van der Waals surface area contributed by atoms with E-state index in [2.05, 4.69) is 22.0 Å². The lowest BCUT2D eigenvalue weighted by Gasteiger charge is -2.12. The van der Waals surface area contributed by atoms with Crippen LogP contribution >= 0.6 is 15.9 Å². The fourth-order valence-corrected chi connectivity index (χ4v) is 2.68. The van der Waals surface area contributed by atoms with E-state index in [-0.39, 0.29) is 11.6 Å². The number of halogens is 2. The lowest BCUT2D eigenvalue weighted by Crippen LogP contribution is -2.06. The number of hydrogen-bond donors (Lipinski definition) is 0. The van der Waals surface area contributed by atoms with Gasteiger partial charge in [-0.15, -0.1) is 0 Å². The van der Waals surface area contributed by atoms with Crippen LogP contribution in [0.2, 0.25) is 0 Å². The summed E-state index contributed by atoms with van der Waals surface area (Å²) in [6.07, 6.45) is 7.54. The minimum Gasteiger partial charge on any atom is -0.299 e. The Morgan fingerprint density at radius 1 is 1.28 bits per heavy atom. The predicted octanol–water partition coefficient (Wildman–Crippen LogP) is 4.59. The molecule has 0 amide bonds. The Morgan fingerprint density at radius 3 is 2.83 bits per heavy atom. The van der Waals surface area contributed by atoms with E-state index in [0.29, 0.717) is 17.3 Å². The molecule has 0 unspecified atom stereocenters. The van der Waals surface area contributed by atoms with Crippen molar-refractivity contribution in [2.45, 2.75) is 38.5 Å². The molecule has 0 radical (unpaired) electrons. The van der Waals surface area contributed by atoms with Gasteiger partial charge in [0, 0.05) is 12.8 Å². The molecular formula is C15H16BrFO. The van der Waals surface area contributed by atoms with Crippen LogP contribution < -0.4 is 0 Å². The van der Waals surface area contributed by atoms with Crippen molar-refractivity contribution in [3.8, 4) is 0 Å². The summed E-state index contributed by atoms with van der Waals surface area (Å²) in [7, 11) is 0. The zero-order chi connectivity index (χ0) is 13.0. The number of hydrogen-bond acceptors (Lipinski definition) is 1. The van der Waals surface area contributed by atoms with Crippen molar-refractivity contribution < 1.29 is 9.18 Å². The van der Waals surface area contributed by atoms with Crippen LogP contribution in [-0.4, -0.2) is 5.78 Å². The van der Waals surface area contributed by atoms with Crippen molar-refractivity contribution in [3.63, 3.8) is 0 Å². The molecule has 0 aromatic heterocycles. The molecule has 0 N–H and O–H groups in total. The van der Waals surface area contributed by atoms with E-state index in [1.807, 2.05) is 0 Å². The first kappa shape index (κ1) is 13.5. The molecule has 3 heteroatoms. The van der Waals surface area contributed by atoms with E-state index in [1.54, 1.807) is 12.1 Å². The first-order valence-corrected chi connectivity index (χ1v) is 7.08. The maximum absolute atomic E-state index is 13.3. The van der Waals surface area contributed by atoms with Gasteiger partial charge in [0.15, 0.2) is 0 Å². The number of carbonyl (C=O) groups is 1. The third-order valence-corrected chi connectivity index (χ3v) is 4.12. The van der Waals surface area contributed by atoms with Crippen molar-refractivity contribution in [2.75, 3.05) is 0 Å². The first-order chi connectivity index (χ1) is 8.66. The largest absolute Gasteiger partial charge is 0.299 e. The van der Waals surface area contributed by atoms with Gasteiger partial charge in [-0.25, -0.2) is 4.39 Å². The van der Waals surface area contributed by atoms with Gasteiger partial charge < -0.3 is 0 Å². The van der Waals surface area contributed by atoms with Gasteiger partial charge in [0.25, 0.3) is 0 Å². The van der Waals surface area contributed by atoms with Gasteiger partial charge in [0.05, 0.1) is 4.47 Å². The Balaban J connectivity index is 1.98. The van der Waals surface area contributed by atoms with Crippen LogP contribution in [0.4, 0.5) is 4.39 Å². The number of allylic oxidation sites excluding steroid dienone is 2. The van der Waals surface area contributed by atoms with Gasteiger partial charge in [0.2, 0.25) is 0 Å². The SMILES string of the molecule is O=C(CC1=CCCCC1)Cc1cccc(F)c1Br. The van der Waals surface area contributed by atoms with Crippen LogP contribution in [-0.2, 0) is 11.2 Å². The summed E-state index contributed by atoms with van der Waals surface area (Å²) in [6, 6.07) is 4.82. The lowest BCUT2D eigenvalue weighted by molar-refractivity contribution is -0.117. The summed E-state index contributed by atoms with van der Waals surface area (Å²) in [4.78, 5) is 12.0. The van der Waals surface area contributed by atoms with E-state index in [9.17, 15) is 9.18 Å². The van der Waals surface area contributed by atoms with Crippen molar-refractivity contribution >= 4 is 21.7 Å². The molecule has 0 fully saturated rings. The highest BCUT2D eigenvalue weighted by molar-refractivity contribution is 9.10. The van der Waals surface area contributed by atoms with E-state index in [0.717, 1.165) is 18.4 Å². The quantitative estimate of drug-likeness (QED) is 0.743. The Morgan fingerprint density at radius 2 is 2.11 bits per heavy atom. The molecule has 1 nitrogen and oxygen atoms in total. The number of benzene rings is 1. The fourth-order valence-electron chi connectivity index (χ4n) is 2.28. The second kappa shape index (κ2) is 6.28. The van der Waals surface area contributed by atoms with Crippen LogP contribution in [0.1, 0.15) is 37.7 Å². The van der Waals surface area contributed by atoms with Crippen LogP contribution in [0.5, 0.6) is 0 Å². The monoisotopic (exact) mass is 310 g/mol. The highest BCUT2D eigenvalue weighted by atomic mass is 79.9. The van der Waals surface area contributed by atoms with Crippen LogP contribution in [0.3, 0.4) is 0 Å². The second-order valence-electron chi connectivity index (χ2n) is 4.71. The Bertz CT molecular complexity index is 479. The maximum Gasteiger partial charge on any atom is 0.141 e. The minimum absolute atomic E-state index is 0.162. The summed E-state index contributed by atoms with van der Waals surface area (Å²) in [5, 5.41) is 0. The molecule has 1 aromatic rings. The molecule has 0 aliphatic heterocycles. The molecule has 0 heterocycles. The average Bonchev–Trinajstić information content (AvgIpc) is 2.36. The van der Waals surface area contributed by atoms with Crippen molar-refractivity contribution in [1.29, 1.82) is 0 Å². The number of ketones is 1. The zero-order valence-corrected chi connectivity index (χ0v) is 11.8. The molecule has 96 valence electrons. The Hall–Kier alpha value is -0.960. The standard InChI is InChI=1S/C15H16BrFO/c16-15-12(7-4-8-14(15)17)10-13(18)9-11-5-2-1-3-6-11/h4-5,7-8H,1-3,6,9-10H2. The molecule has 0 atom stereocenters. The van der Waals surface area contributed by atoms with E-state index >= 15 is 0 Å². The topological polar surface area (TPSA) is 17.1 Å². The molecule has 0 spiro atoms. The van der Waals surface area contributed by atoms with E-state index in [4.69, 9.17) is 0 Å². The minimum atomic E-state index is -0.308. The molecule has 0 saturated carbocycles. The third kappa shape index (κ3) is 3.52. The first-order valence-electron chi connectivity index (χ1n) is 6.29. The molecule has 0 bridgehead atoms. The summed E-state index contributed by atoms with van der Waals surface area (Å²) < 4.78 is 13.7. The second-order valence-corrected chi connectivity index (χ2v) is 5.51. The lowest BCUT2D eigenvalue weighted by atomic mass is 9.94. The van der Waals surface area contributed by atoms with E-state index in [1.165, 1.54) is 24.5 Å². The van der Waals surface area contributed by atoms with E-state index < -0.39 is 0 Å². The van der Waals surface area contributed by atoms with Gasteiger partial charge in [-0.3, -0.25) is 4.79 Å². The Kier molecular flexibility index (Phi) is 4.70. The molecule has 1 aliphatic carbocycles. The van der Waals surface area contributed by atoms with Crippen LogP contribution in [0.25, 0.3) is 0 Å². The summed E-state index contributed by atoms with van der Waals surface area (Å²) >= 11 is 3.19. The molecule has 0 saturated heterocycles. The molecule has 1 aromatic carbocycles. The Labute approximate surface area is 115 Å². The van der Waals surface area contributed by atoms with Gasteiger partial charge in [-0.1, -0.05) is 23.8 Å². The van der Waals surface area contributed by atoms with Crippen molar-refractivity contribution in [3.05, 3.63) is 45.7 Å². The molecule has 2 rings (SSSR count). The van der Waals surface area contributed by atoms with Crippen molar-refractivity contribution in [2.24, 2.45) is 0 Å². The van der Waals surface area contributed by atoms with Gasteiger partial charge in [0.1, 0.15) is 11.6 Å². The predicted molar refractivity (Wildman–Crippen MR) is 74.0 cm³/mol. The van der Waals surface area contributed by atoms with Crippen LogP contribution in [0, 0.1) is 5.82 Å². The highest BCUT2D eigenvalue weighted by Crippen LogP contribution is 2.24.